The van der Waals surface area contributed by atoms with Crippen LogP contribution in [0.25, 0.3) is 11.0 Å². The minimum Gasteiger partial charge on any atom is -0.464 e. The van der Waals surface area contributed by atoms with Gasteiger partial charge in [0.1, 0.15) is 5.58 Å². The highest BCUT2D eigenvalue weighted by molar-refractivity contribution is 7.99. The summed E-state index contributed by atoms with van der Waals surface area (Å²) in [6, 6.07) is 8.36. The predicted octanol–water partition coefficient (Wildman–Crippen LogP) is 5.52. The number of para-hydroxylation sites is 1. The number of benzene rings is 1. The van der Waals surface area contributed by atoms with E-state index in [1.807, 2.05) is 19.4 Å². The van der Waals surface area contributed by atoms with Crippen molar-refractivity contribution in [2.75, 3.05) is 32.5 Å². The molecular weight excluding hydrogens is 354 g/mol. The first kappa shape index (κ1) is 19.4. The molecule has 0 spiro atoms. The summed E-state index contributed by atoms with van der Waals surface area (Å²) in [6.45, 7) is 3.41. The van der Waals surface area contributed by atoms with E-state index in [-0.39, 0.29) is 5.60 Å². The Balaban J connectivity index is 1.26. The average Bonchev–Trinajstić information content (AvgIpc) is 3.15. The molecule has 1 aromatic carbocycles. The smallest absolute Gasteiger partial charge is 0.134 e. The van der Waals surface area contributed by atoms with Crippen LogP contribution >= 0.6 is 11.8 Å². The zero-order chi connectivity index (χ0) is 18.5. The van der Waals surface area contributed by atoms with E-state index < -0.39 is 0 Å². The van der Waals surface area contributed by atoms with Crippen LogP contribution in [0, 0.1) is 0 Å². The van der Waals surface area contributed by atoms with Crippen LogP contribution in [0.3, 0.4) is 0 Å². The summed E-state index contributed by atoms with van der Waals surface area (Å²) in [5.41, 5.74) is 2.44. The van der Waals surface area contributed by atoms with Gasteiger partial charge < -0.3 is 14.1 Å². The third kappa shape index (κ3) is 4.72. The normalized spacial score (nSPS) is 21.7. The monoisotopic (exact) mass is 387 g/mol. The minimum atomic E-state index is 0.0982. The average molecular weight is 388 g/mol. The van der Waals surface area contributed by atoms with Crippen LogP contribution in [0.1, 0.15) is 50.5 Å². The van der Waals surface area contributed by atoms with E-state index in [1.54, 1.807) is 0 Å². The van der Waals surface area contributed by atoms with Gasteiger partial charge in [0, 0.05) is 43.1 Å². The van der Waals surface area contributed by atoms with Gasteiger partial charge in [0.25, 0.3) is 0 Å². The SMILES string of the molecule is COC1(CSC2CCCCC2)CCN(CCc2coc3ccccc23)CC1. The molecule has 0 amide bonds. The van der Waals surface area contributed by atoms with Crippen molar-refractivity contribution in [3.05, 3.63) is 36.1 Å². The molecule has 0 bridgehead atoms. The van der Waals surface area contributed by atoms with Crippen LogP contribution in [0.5, 0.6) is 0 Å². The third-order valence-electron chi connectivity index (χ3n) is 6.59. The van der Waals surface area contributed by atoms with Crippen molar-refractivity contribution >= 4 is 22.7 Å². The van der Waals surface area contributed by atoms with Crippen molar-refractivity contribution in [2.45, 2.75) is 62.2 Å². The second-order valence-corrected chi connectivity index (χ2v) is 9.60. The van der Waals surface area contributed by atoms with Gasteiger partial charge in [-0.25, -0.2) is 0 Å². The second-order valence-electron chi connectivity index (χ2n) is 8.31. The molecule has 148 valence electrons. The second kappa shape index (κ2) is 9.02. The van der Waals surface area contributed by atoms with Crippen molar-refractivity contribution in [1.29, 1.82) is 0 Å². The number of hydrogen-bond acceptors (Lipinski definition) is 4. The molecule has 2 aliphatic rings. The number of rotatable bonds is 7. The summed E-state index contributed by atoms with van der Waals surface area (Å²) in [5, 5.41) is 2.14. The lowest BCUT2D eigenvalue weighted by atomic mass is 9.93. The van der Waals surface area contributed by atoms with Crippen molar-refractivity contribution in [3.63, 3.8) is 0 Å². The Hall–Kier alpha value is -0.970. The Kier molecular flexibility index (Phi) is 6.46. The van der Waals surface area contributed by atoms with Crippen LogP contribution in [-0.4, -0.2) is 48.2 Å². The molecule has 4 heteroatoms. The van der Waals surface area contributed by atoms with Gasteiger partial charge in [-0.05, 0) is 43.7 Å². The maximum Gasteiger partial charge on any atom is 0.134 e. The van der Waals surface area contributed by atoms with Gasteiger partial charge >= 0.3 is 0 Å². The molecule has 0 radical (unpaired) electrons. The molecule has 0 N–H and O–H groups in total. The topological polar surface area (TPSA) is 25.6 Å². The van der Waals surface area contributed by atoms with E-state index >= 15 is 0 Å². The Labute approximate surface area is 167 Å². The number of likely N-dealkylation sites (tertiary alicyclic amines) is 1. The maximum absolute atomic E-state index is 6.06. The molecule has 1 saturated carbocycles. The number of ether oxygens (including phenoxy) is 1. The third-order valence-corrected chi connectivity index (χ3v) is 8.23. The molecule has 0 atom stereocenters. The van der Waals surface area contributed by atoms with Crippen molar-refractivity contribution < 1.29 is 9.15 Å². The molecule has 4 rings (SSSR count). The van der Waals surface area contributed by atoms with Gasteiger partial charge in [-0.15, -0.1) is 0 Å². The summed E-state index contributed by atoms with van der Waals surface area (Å²) in [6.07, 6.45) is 12.4. The first-order valence-corrected chi connectivity index (χ1v) is 11.7. The fourth-order valence-corrected chi connectivity index (χ4v) is 6.21. The number of thioether (sulfide) groups is 1. The molecular formula is C23H33NO2S. The van der Waals surface area contributed by atoms with Gasteiger partial charge in [0.15, 0.2) is 0 Å². The first-order chi connectivity index (χ1) is 13.3. The fourth-order valence-electron chi connectivity index (χ4n) is 4.60. The van der Waals surface area contributed by atoms with Crippen molar-refractivity contribution in [1.82, 2.24) is 4.90 Å². The van der Waals surface area contributed by atoms with Gasteiger partial charge in [-0.2, -0.15) is 11.8 Å². The highest BCUT2D eigenvalue weighted by atomic mass is 32.2. The number of hydrogen-bond donors (Lipinski definition) is 0. The first-order valence-electron chi connectivity index (χ1n) is 10.6. The number of piperidine rings is 1. The van der Waals surface area contributed by atoms with Crippen LogP contribution in [-0.2, 0) is 11.2 Å². The molecule has 1 aliphatic carbocycles. The molecule has 2 aromatic rings. The summed E-state index contributed by atoms with van der Waals surface area (Å²) in [4.78, 5) is 2.60. The van der Waals surface area contributed by atoms with Gasteiger partial charge in [-0.3, -0.25) is 0 Å². The van der Waals surface area contributed by atoms with E-state index in [9.17, 15) is 0 Å². The number of furan rings is 1. The highest BCUT2D eigenvalue weighted by Crippen LogP contribution is 2.35. The van der Waals surface area contributed by atoms with E-state index in [2.05, 4.69) is 34.9 Å². The van der Waals surface area contributed by atoms with Gasteiger partial charge in [-0.1, -0.05) is 37.5 Å². The molecule has 3 nitrogen and oxygen atoms in total. The van der Waals surface area contributed by atoms with Crippen LogP contribution < -0.4 is 0 Å². The minimum absolute atomic E-state index is 0.0982. The van der Waals surface area contributed by atoms with Crippen LogP contribution in [0.4, 0.5) is 0 Å². The highest BCUT2D eigenvalue weighted by Gasteiger charge is 2.35. The summed E-state index contributed by atoms with van der Waals surface area (Å²) in [7, 11) is 1.93. The number of nitrogens with zero attached hydrogens (tertiary/aromatic N) is 1. The van der Waals surface area contributed by atoms with E-state index in [1.165, 1.54) is 48.8 Å². The molecule has 0 unspecified atom stereocenters. The van der Waals surface area contributed by atoms with Crippen LogP contribution in [0.15, 0.2) is 34.9 Å². The van der Waals surface area contributed by atoms with Crippen molar-refractivity contribution in [3.8, 4) is 0 Å². The molecule has 2 heterocycles. The summed E-state index contributed by atoms with van der Waals surface area (Å²) >= 11 is 2.19. The zero-order valence-corrected chi connectivity index (χ0v) is 17.4. The molecule has 1 aromatic heterocycles. The Morgan fingerprint density at radius 1 is 1.15 bits per heavy atom. The summed E-state index contributed by atoms with van der Waals surface area (Å²) < 4.78 is 11.8. The Morgan fingerprint density at radius 2 is 1.93 bits per heavy atom. The molecule has 1 saturated heterocycles. The summed E-state index contributed by atoms with van der Waals surface area (Å²) in [5.74, 6) is 1.17. The van der Waals surface area contributed by atoms with E-state index in [4.69, 9.17) is 9.15 Å². The number of fused-ring (bicyclic) bond motifs is 1. The Bertz CT molecular complexity index is 714. The van der Waals surface area contributed by atoms with E-state index in [0.29, 0.717) is 0 Å². The zero-order valence-electron chi connectivity index (χ0n) is 16.6. The number of methoxy groups -OCH3 is 1. The molecule has 2 fully saturated rings. The van der Waals surface area contributed by atoms with Gasteiger partial charge in [0.2, 0.25) is 0 Å². The largest absolute Gasteiger partial charge is 0.464 e. The lowest BCUT2D eigenvalue weighted by molar-refractivity contribution is -0.0386. The lowest BCUT2D eigenvalue weighted by Crippen LogP contribution is -2.48. The quantitative estimate of drug-likeness (QED) is 0.624. The lowest BCUT2D eigenvalue weighted by Gasteiger charge is -2.41. The van der Waals surface area contributed by atoms with Crippen LogP contribution in [0.2, 0.25) is 0 Å². The standard InChI is InChI=1S/C23H33NO2S/c1-25-23(18-27-20-7-3-2-4-8-20)12-15-24(16-13-23)14-11-19-17-26-22-10-6-5-9-21(19)22/h5-6,9-10,17,20H,2-4,7-8,11-16,18H2,1H3. The fraction of sp³-hybridized carbons (Fsp3) is 0.652. The molecule has 27 heavy (non-hydrogen) atoms. The van der Waals surface area contributed by atoms with Gasteiger partial charge in [0.05, 0.1) is 11.9 Å². The predicted molar refractivity (Wildman–Crippen MR) is 115 cm³/mol. The van der Waals surface area contributed by atoms with Crippen molar-refractivity contribution in [2.24, 2.45) is 0 Å². The van der Waals surface area contributed by atoms with E-state index in [0.717, 1.165) is 49.7 Å². The maximum atomic E-state index is 6.06. The molecule has 1 aliphatic heterocycles. The Morgan fingerprint density at radius 3 is 2.70 bits per heavy atom.